The smallest absolute Gasteiger partial charge is 0.191 e. The van der Waals surface area contributed by atoms with E-state index in [9.17, 15) is 0 Å². The molecule has 1 aromatic rings. The Balaban J connectivity index is 1.43. The lowest BCUT2D eigenvalue weighted by molar-refractivity contribution is -0.0390. The fourth-order valence-corrected chi connectivity index (χ4v) is 3.70. The molecule has 0 aliphatic carbocycles. The molecule has 3 rings (SSSR count). The summed E-state index contributed by atoms with van der Waals surface area (Å²) in [6.45, 7) is 12.7. The highest BCUT2D eigenvalue weighted by atomic mass is 16.5. The predicted molar refractivity (Wildman–Crippen MR) is 120 cm³/mol. The Morgan fingerprint density at radius 3 is 2.43 bits per heavy atom. The second-order valence-electron chi connectivity index (χ2n) is 8.01. The van der Waals surface area contributed by atoms with E-state index in [1.807, 2.05) is 0 Å². The third-order valence-corrected chi connectivity index (χ3v) is 5.67. The van der Waals surface area contributed by atoms with Gasteiger partial charge in [0.25, 0.3) is 0 Å². The molecule has 7 heteroatoms. The highest BCUT2D eigenvalue weighted by molar-refractivity contribution is 5.79. The molecule has 2 aliphatic rings. The van der Waals surface area contributed by atoms with Crippen LogP contribution in [0, 0.1) is 0 Å². The number of nitrogens with zero attached hydrogens (tertiary/aromatic N) is 2. The molecule has 1 unspecified atom stereocenters. The van der Waals surface area contributed by atoms with Crippen LogP contribution in [0.25, 0.3) is 0 Å². The summed E-state index contributed by atoms with van der Waals surface area (Å²) in [6.07, 6.45) is 2.32. The van der Waals surface area contributed by atoms with Gasteiger partial charge in [-0.3, -0.25) is 4.90 Å². The highest BCUT2D eigenvalue weighted by Crippen LogP contribution is 2.14. The summed E-state index contributed by atoms with van der Waals surface area (Å²) < 4.78 is 16.8. The van der Waals surface area contributed by atoms with Crippen molar-refractivity contribution in [1.82, 2.24) is 15.5 Å². The van der Waals surface area contributed by atoms with Gasteiger partial charge in [0.15, 0.2) is 5.96 Å². The Morgan fingerprint density at radius 1 is 1.07 bits per heavy atom. The summed E-state index contributed by atoms with van der Waals surface area (Å²) in [7, 11) is 0. The first-order valence-corrected chi connectivity index (χ1v) is 11.4. The van der Waals surface area contributed by atoms with Crippen LogP contribution in [0.1, 0.15) is 37.8 Å². The minimum absolute atomic E-state index is 0.330. The Kier molecular flexibility index (Phi) is 9.89. The van der Waals surface area contributed by atoms with Gasteiger partial charge in [-0.15, -0.1) is 0 Å². The topological polar surface area (TPSA) is 67.4 Å². The maximum atomic E-state index is 6.00. The lowest BCUT2D eigenvalue weighted by Gasteiger charge is -2.32. The summed E-state index contributed by atoms with van der Waals surface area (Å²) in [4.78, 5) is 7.22. The molecule has 2 fully saturated rings. The molecule has 0 bridgehead atoms. The minimum Gasteiger partial charge on any atom is -0.381 e. The third kappa shape index (κ3) is 7.87. The van der Waals surface area contributed by atoms with E-state index in [0.717, 1.165) is 71.4 Å². The minimum atomic E-state index is 0.330. The predicted octanol–water partition coefficient (Wildman–Crippen LogP) is 2.16. The van der Waals surface area contributed by atoms with Crippen molar-refractivity contribution in [2.24, 2.45) is 4.99 Å². The van der Waals surface area contributed by atoms with E-state index in [1.165, 1.54) is 11.1 Å². The number of aliphatic imine (C=N–C) groups is 1. The quantitative estimate of drug-likeness (QED) is 0.473. The van der Waals surface area contributed by atoms with Gasteiger partial charge in [0.2, 0.25) is 0 Å². The lowest BCUT2D eigenvalue weighted by atomic mass is 10.1. The molecule has 2 heterocycles. The summed E-state index contributed by atoms with van der Waals surface area (Å²) in [6, 6.07) is 9.03. The maximum absolute atomic E-state index is 6.00. The number of morpholine rings is 1. The number of benzene rings is 1. The van der Waals surface area contributed by atoms with Crippen LogP contribution < -0.4 is 10.6 Å². The van der Waals surface area contributed by atoms with Crippen molar-refractivity contribution < 1.29 is 14.2 Å². The zero-order chi connectivity index (χ0) is 21.0. The van der Waals surface area contributed by atoms with Crippen LogP contribution >= 0.6 is 0 Å². The van der Waals surface area contributed by atoms with Crippen LogP contribution in [0.15, 0.2) is 29.3 Å². The van der Waals surface area contributed by atoms with Gasteiger partial charge in [0.05, 0.1) is 32.5 Å². The molecule has 2 aliphatic heterocycles. The fraction of sp³-hybridized carbons (Fsp3) is 0.696. The van der Waals surface area contributed by atoms with Crippen LogP contribution in [-0.2, 0) is 27.4 Å². The van der Waals surface area contributed by atoms with Crippen LogP contribution in [0.4, 0.5) is 0 Å². The molecule has 0 spiro atoms. The van der Waals surface area contributed by atoms with E-state index in [2.05, 4.69) is 53.6 Å². The molecule has 168 valence electrons. The maximum Gasteiger partial charge on any atom is 0.191 e. The van der Waals surface area contributed by atoms with Gasteiger partial charge in [0.1, 0.15) is 0 Å². The van der Waals surface area contributed by atoms with Gasteiger partial charge in [-0.05, 0) is 37.8 Å². The molecule has 1 aromatic carbocycles. The SMILES string of the molecule is CCNC(=NCc1ccc(COC2CCOCC2)cc1)NCC(C)N1CCOCC1. The number of hydrogen-bond donors (Lipinski definition) is 2. The zero-order valence-electron chi connectivity index (χ0n) is 18.6. The highest BCUT2D eigenvalue weighted by Gasteiger charge is 2.17. The van der Waals surface area contributed by atoms with Gasteiger partial charge >= 0.3 is 0 Å². The van der Waals surface area contributed by atoms with E-state index in [-0.39, 0.29) is 0 Å². The first kappa shape index (κ1) is 23.0. The first-order chi connectivity index (χ1) is 14.7. The van der Waals surface area contributed by atoms with Crippen molar-refractivity contribution in [2.75, 3.05) is 52.6 Å². The summed E-state index contributed by atoms with van der Waals surface area (Å²) in [5.74, 6) is 0.865. The molecule has 1 atom stereocenters. The van der Waals surface area contributed by atoms with Crippen LogP contribution in [-0.4, -0.2) is 75.6 Å². The second-order valence-corrected chi connectivity index (χ2v) is 8.01. The normalized spacial score (nSPS) is 20.1. The molecule has 30 heavy (non-hydrogen) atoms. The van der Waals surface area contributed by atoms with Crippen molar-refractivity contribution in [1.29, 1.82) is 0 Å². The first-order valence-electron chi connectivity index (χ1n) is 11.4. The van der Waals surface area contributed by atoms with Gasteiger partial charge in [-0.25, -0.2) is 4.99 Å². The van der Waals surface area contributed by atoms with Crippen LogP contribution in [0.5, 0.6) is 0 Å². The molecule has 2 saturated heterocycles. The van der Waals surface area contributed by atoms with Crippen molar-refractivity contribution in [2.45, 2.75) is 52.0 Å². The van der Waals surface area contributed by atoms with Gasteiger partial charge in [-0.1, -0.05) is 24.3 Å². The van der Waals surface area contributed by atoms with Gasteiger partial charge in [-0.2, -0.15) is 0 Å². The Hall–Kier alpha value is -1.67. The van der Waals surface area contributed by atoms with Crippen molar-refractivity contribution in [3.8, 4) is 0 Å². The molecular formula is C23H38N4O3. The number of guanidine groups is 1. The van der Waals surface area contributed by atoms with Gasteiger partial charge in [0, 0.05) is 45.4 Å². The zero-order valence-corrected chi connectivity index (χ0v) is 18.6. The third-order valence-electron chi connectivity index (χ3n) is 5.67. The summed E-state index contributed by atoms with van der Waals surface area (Å²) in [5.41, 5.74) is 2.40. The Bertz CT molecular complexity index is 626. The number of nitrogens with one attached hydrogen (secondary N) is 2. The van der Waals surface area contributed by atoms with E-state index in [0.29, 0.717) is 25.3 Å². The monoisotopic (exact) mass is 418 g/mol. The number of hydrogen-bond acceptors (Lipinski definition) is 5. The number of rotatable bonds is 9. The number of ether oxygens (including phenoxy) is 3. The molecule has 0 radical (unpaired) electrons. The van der Waals surface area contributed by atoms with Crippen molar-refractivity contribution in [3.63, 3.8) is 0 Å². The van der Waals surface area contributed by atoms with Crippen molar-refractivity contribution >= 4 is 5.96 Å². The fourth-order valence-electron chi connectivity index (χ4n) is 3.70. The standard InChI is InChI=1S/C23H38N4O3/c1-3-24-23(25-16-19(2)27-10-14-29-15-11-27)26-17-20-4-6-21(7-5-20)18-30-22-8-12-28-13-9-22/h4-7,19,22H,3,8-18H2,1-2H3,(H2,24,25,26). The van der Waals surface area contributed by atoms with E-state index >= 15 is 0 Å². The molecule has 0 aromatic heterocycles. The molecule has 0 saturated carbocycles. The average Bonchev–Trinajstić information content (AvgIpc) is 2.81. The summed E-state index contributed by atoms with van der Waals surface area (Å²) in [5, 5.41) is 6.83. The van der Waals surface area contributed by atoms with E-state index in [4.69, 9.17) is 19.2 Å². The lowest BCUT2D eigenvalue weighted by Crippen LogP contribution is -2.49. The Labute approximate surface area is 181 Å². The molecule has 2 N–H and O–H groups in total. The van der Waals surface area contributed by atoms with Crippen LogP contribution in [0.3, 0.4) is 0 Å². The second kappa shape index (κ2) is 12.9. The molecule has 0 amide bonds. The van der Waals surface area contributed by atoms with Crippen LogP contribution in [0.2, 0.25) is 0 Å². The average molecular weight is 419 g/mol. The van der Waals surface area contributed by atoms with E-state index < -0.39 is 0 Å². The largest absolute Gasteiger partial charge is 0.381 e. The molecule has 7 nitrogen and oxygen atoms in total. The Morgan fingerprint density at radius 2 is 1.73 bits per heavy atom. The van der Waals surface area contributed by atoms with E-state index in [1.54, 1.807) is 0 Å². The van der Waals surface area contributed by atoms with Gasteiger partial charge < -0.3 is 24.8 Å². The van der Waals surface area contributed by atoms with Crippen molar-refractivity contribution in [3.05, 3.63) is 35.4 Å². The summed E-state index contributed by atoms with van der Waals surface area (Å²) >= 11 is 0. The molecular weight excluding hydrogens is 380 g/mol.